The third kappa shape index (κ3) is 69.5. The summed E-state index contributed by atoms with van der Waals surface area (Å²) in [6, 6.07) is 0. The van der Waals surface area contributed by atoms with E-state index in [0.717, 1.165) is 109 Å². The molecule has 6 heteroatoms. The Kier molecular flexibility index (Phi) is 68.6. The van der Waals surface area contributed by atoms with E-state index in [0.29, 0.717) is 19.3 Å². The van der Waals surface area contributed by atoms with Gasteiger partial charge in [0.2, 0.25) is 0 Å². The van der Waals surface area contributed by atoms with Gasteiger partial charge in [0, 0.05) is 19.3 Å². The number of carbonyl (C=O) groups excluding carboxylic acids is 3. The summed E-state index contributed by atoms with van der Waals surface area (Å²) in [7, 11) is 0. The zero-order valence-corrected chi connectivity index (χ0v) is 55.5. The first-order valence-corrected chi connectivity index (χ1v) is 36.4. The molecule has 0 radical (unpaired) electrons. The van der Waals surface area contributed by atoms with Crippen LogP contribution in [-0.2, 0) is 28.6 Å². The van der Waals surface area contributed by atoms with Crippen molar-refractivity contribution in [2.24, 2.45) is 0 Å². The highest BCUT2D eigenvalue weighted by atomic mass is 16.6. The average Bonchev–Trinajstić information content (AvgIpc) is 3.50. The Morgan fingerprint density at radius 2 is 0.470 bits per heavy atom. The summed E-state index contributed by atoms with van der Waals surface area (Å²) in [5.41, 5.74) is 0. The van der Waals surface area contributed by atoms with Gasteiger partial charge in [0.05, 0.1) is 0 Å². The van der Waals surface area contributed by atoms with Gasteiger partial charge >= 0.3 is 17.9 Å². The smallest absolute Gasteiger partial charge is 0.306 e. The number of unbranched alkanes of at least 4 members (excludes halogenated alkanes) is 44. The predicted molar refractivity (Wildman–Crippen MR) is 362 cm³/mol. The zero-order chi connectivity index (χ0) is 59.9. The summed E-state index contributed by atoms with van der Waals surface area (Å²) in [6.45, 7) is 6.53. The quantitative estimate of drug-likeness (QED) is 0.0261. The van der Waals surface area contributed by atoms with E-state index in [4.69, 9.17) is 14.2 Å². The molecule has 0 aromatic rings. The van der Waals surface area contributed by atoms with Crippen molar-refractivity contribution < 1.29 is 28.6 Å². The Labute approximate surface area is 516 Å². The highest BCUT2D eigenvalue weighted by Gasteiger charge is 2.19. The van der Waals surface area contributed by atoms with Crippen molar-refractivity contribution in [3.05, 3.63) is 72.9 Å². The van der Waals surface area contributed by atoms with E-state index >= 15 is 0 Å². The van der Waals surface area contributed by atoms with Gasteiger partial charge in [-0.2, -0.15) is 0 Å². The van der Waals surface area contributed by atoms with E-state index in [1.807, 2.05) is 0 Å². The molecule has 0 aliphatic rings. The van der Waals surface area contributed by atoms with Gasteiger partial charge < -0.3 is 14.2 Å². The third-order valence-electron chi connectivity index (χ3n) is 16.2. The summed E-state index contributed by atoms with van der Waals surface area (Å²) < 4.78 is 17.0. The van der Waals surface area contributed by atoms with Crippen molar-refractivity contribution in [1.29, 1.82) is 0 Å². The molecule has 0 aliphatic heterocycles. The molecule has 0 N–H and O–H groups in total. The molecule has 0 amide bonds. The van der Waals surface area contributed by atoms with Gasteiger partial charge in [0.15, 0.2) is 6.10 Å². The van der Waals surface area contributed by atoms with Gasteiger partial charge in [-0.05, 0) is 89.9 Å². The van der Waals surface area contributed by atoms with Crippen LogP contribution in [-0.4, -0.2) is 37.2 Å². The minimum absolute atomic E-state index is 0.0850. The molecule has 0 aromatic heterocycles. The molecule has 1 atom stereocenters. The fraction of sp³-hybridized carbons (Fsp3) is 0.805. The first kappa shape index (κ1) is 79.8. The van der Waals surface area contributed by atoms with Gasteiger partial charge in [0.25, 0.3) is 0 Å². The zero-order valence-electron chi connectivity index (χ0n) is 55.5. The summed E-state index contributed by atoms with van der Waals surface area (Å²) in [4.78, 5) is 38.4. The molecule has 1 unspecified atom stereocenters. The van der Waals surface area contributed by atoms with Gasteiger partial charge in [-0.25, -0.2) is 0 Å². The van der Waals surface area contributed by atoms with Gasteiger partial charge in [-0.3, -0.25) is 14.4 Å². The van der Waals surface area contributed by atoms with E-state index in [2.05, 4.69) is 93.7 Å². The molecule has 0 spiro atoms. The van der Waals surface area contributed by atoms with Crippen LogP contribution < -0.4 is 0 Å². The molecule has 6 nitrogen and oxygen atoms in total. The lowest BCUT2D eigenvalue weighted by atomic mass is 10.0. The highest BCUT2D eigenvalue weighted by molar-refractivity contribution is 5.71. The molecule has 0 fully saturated rings. The van der Waals surface area contributed by atoms with Gasteiger partial charge in [0.1, 0.15) is 13.2 Å². The van der Waals surface area contributed by atoms with Crippen LogP contribution in [0.2, 0.25) is 0 Å². The summed E-state index contributed by atoms with van der Waals surface area (Å²) in [6.07, 6.45) is 93.8. The standard InChI is InChI=1S/C77H138O6/c1-4-7-10-13-16-19-22-25-28-31-32-33-34-35-36-37-38-39-40-41-42-43-44-47-49-52-55-58-61-64-67-70-76(79)82-73-74(83-77(80)71-68-65-62-59-56-53-50-46-30-27-24-21-18-15-12-9-6-3)72-81-75(78)69-66-63-60-57-54-51-48-45-29-26-23-20-17-14-11-8-5-2/h9,12,17-18,20-21,26-27,29-30,50,53,74H,4-8,10-11,13-16,19,22-25,28,31-49,51-52,54-73H2,1-3H3/b12-9-,20-17-,21-18-,29-26-,30-27-,53-50-. The third-order valence-corrected chi connectivity index (χ3v) is 16.2. The normalized spacial score (nSPS) is 12.5. The van der Waals surface area contributed by atoms with Crippen molar-refractivity contribution in [2.75, 3.05) is 13.2 Å². The number of allylic oxidation sites excluding steroid dienone is 12. The molecule has 0 heterocycles. The van der Waals surface area contributed by atoms with Gasteiger partial charge in [-0.1, -0.05) is 344 Å². The summed E-state index contributed by atoms with van der Waals surface area (Å²) in [5, 5.41) is 0. The monoisotopic (exact) mass is 1160 g/mol. The summed E-state index contributed by atoms with van der Waals surface area (Å²) >= 11 is 0. The fourth-order valence-corrected chi connectivity index (χ4v) is 10.8. The minimum Gasteiger partial charge on any atom is -0.462 e. The fourth-order valence-electron chi connectivity index (χ4n) is 10.8. The number of esters is 3. The molecular weight excluding hydrogens is 1020 g/mol. The predicted octanol–water partition coefficient (Wildman–Crippen LogP) is 25.2. The highest BCUT2D eigenvalue weighted by Crippen LogP contribution is 2.18. The molecule has 0 bridgehead atoms. The SMILES string of the molecule is CC/C=C\C/C=C\C/C=C\C/C=C\CCCCCCC(=O)OC(COC(=O)CCCCCCCCC/C=C\C/C=C\CCCCC)COC(=O)CCCCCCCCCCCCCCCCCCCCCCCCCCCCCCCCC. The molecule has 0 aliphatic carbocycles. The first-order chi connectivity index (χ1) is 41.0. The number of rotatable bonds is 67. The van der Waals surface area contributed by atoms with Crippen LogP contribution in [0.25, 0.3) is 0 Å². The first-order valence-electron chi connectivity index (χ1n) is 36.4. The maximum absolute atomic E-state index is 12.9. The van der Waals surface area contributed by atoms with Crippen molar-refractivity contribution in [1.82, 2.24) is 0 Å². The molecule has 83 heavy (non-hydrogen) atoms. The Hall–Kier alpha value is -3.15. The molecule has 482 valence electrons. The number of hydrogen-bond acceptors (Lipinski definition) is 6. The maximum atomic E-state index is 12.9. The van der Waals surface area contributed by atoms with Crippen molar-refractivity contribution in [2.45, 2.75) is 386 Å². The Morgan fingerprint density at radius 3 is 0.759 bits per heavy atom. The van der Waals surface area contributed by atoms with E-state index in [9.17, 15) is 14.4 Å². The second-order valence-electron chi connectivity index (χ2n) is 24.5. The molecule has 0 aromatic carbocycles. The molecule has 0 rings (SSSR count). The Bertz CT molecular complexity index is 1520. The van der Waals surface area contributed by atoms with Crippen LogP contribution in [0, 0.1) is 0 Å². The minimum atomic E-state index is -0.793. The van der Waals surface area contributed by atoms with Gasteiger partial charge in [-0.15, -0.1) is 0 Å². The van der Waals surface area contributed by atoms with Crippen LogP contribution in [0.1, 0.15) is 380 Å². The van der Waals surface area contributed by atoms with E-state index in [-0.39, 0.29) is 31.1 Å². The second kappa shape index (κ2) is 71.3. The van der Waals surface area contributed by atoms with Crippen molar-refractivity contribution in [3.8, 4) is 0 Å². The Morgan fingerprint density at radius 1 is 0.253 bits per heavy atom. The van der Waals surface area contributed by atoms with Crippen molar-refractivity contribution in [3.63, 3.8) is 0 Å². The number of carbonyl (C=O) groups is 3. The number of hydrogen-bond donors (Lipinski definition) is 0. The van der Waals surface area contributed by atoms with E-state index in [1.165, 1.54) is 231 Å². The average molecular weight is 1160 g/mol. The van der Waals surface area contributed by atoms with Crippen LogP contribution >= 0.6 is 0 Å². The van der Waals surface area contributed by atoms with E-state index in [1.54, 1.807) is 0 Å². The van der Waals surface area contributed by atoms with Crippen LogP contribution in [0.4, 0.5) is 0 Å². The lowest BCUT2D eigenvalue weighted by molar-refractivity contribution is -0.167. The maximum Gasteiger partial charge on any atom is 0.306 e. The van der Waals surface area contributed by atoms with Crippen LogP contribution in [0.15, 0.2) is 72.9 Å². The molecule has 0 saturated carbocycles. The van der Waals surface area contributed by atoms with Crippen LogP contribution in [0.5, 0.6) is 0 Å². The molecular formula is C77H138O6. The topological polar surface area (TPSA) is 78.9 Å². The Balaban J connectivity index is 4.22. The number of ether oxygens (including phenoxy) is 3. The lowest BCUT2D eigenvalue weighted by Gasteiger charge is -2.18. The lowest BCUT2D eigenvalue weighted by Crippen LogP contribution is -2.30. The molecule has 0 saturated heterocycles. The van der Waals surface area contributed by atoms with Crippen molar-refractivity contribution >= 4 is 17.9 Å². The van der Waals surface area contributed by atoms with E-state index < -0.39 is 6.10 Å². The van der Waals surface area contributed by atoms with Crippen LogP contribution in [0.3, 0.4) is 0 Å². The summed E-state index contributed by atoms with van der Waals surface area (Å²) in [5.74, 6) is -0.897. The largest absolute Gasteiger partial charge is 0.462 e. The second-order valence-corrected chi connectivity index (χ2v) is 24.5.